The highest BCUT2D eigenvalue weighted by Crippen LogP contribution is 2.50. The van der Waals surface area contributed by atoms with E-state index in [1.807, 2.05) is 6.07 Å². The van der Waals surface area contributed by atoms with Crippen LogP contribution in [-0.4, -0.2) is 0 Å². The van der Waals surface area contributed by atoms with Gasteiger partial charge in [0.1, 0.15) is 11.2 Å². The molecule has 0 amide bonds. The molecule has 0 aliphatic heterocycles. The van der Waals surface area contributed by atoms with Gasteiger partial charge in [-0.25, -0.2) is 0 Å². The van der Waals surface area contributed by atoms with Crippen LogP contribution in [0.4, 0.5) is 0 Å². The fourth-order valence-corrected chi connectivity index (χ4v) is 7.04. The maximum absolute atomic E-state index is 6.33. The number of para-hydroxylation sites is 2. The second-order valence-electron chi connectivity index (χ2n) is 12.2. The Hall–Kier alpha value is -4.88. The van der Waals surface area contributed by atoms with Crippen molar-refractivity contribution >= 4 is 27.5 Å². The van der Waals surface area contributed by atoms with E-state index in [0.717, 1.165) is 23.2 Å². The highest BCUT2D eigenvalue weighted by Gasteiger charge is 2.36. The van der Waals surface area contributed by atoms with Crippen LogP contribution in [0.3, 0.4) is 0 Å². The van der Waals surface area contributed by atoms with E-state index in [1.165, 1.54) is 60.9 Å². The second kappa shape index (κ2) is 9.33. The maximum atomic E-state index is 6.33. The van der Waals surface area contributed by atoms with Gasteiger partial charge >= 0.3 is 0 Å². The van der Waals surface area contributed by atoms with E-state index in [9.17, 15) is 0 Å². The molecule has 8 rings (SSSR count). The van der Waals surface area contributed by atoms with Gasteiger partial charge in [-0.05, 0) is 74.7 Å². The first-order valence-corrected chi connectivity index (χ1v) is 14.8. The number of hydrogen-bond donors (Lipinski definition) is 0. The Bertz CT molecular complexity index is 2100. The van der Waals surface area contributed by atoms with Crippen LogP contribution in [0.1, 0.15) is 48.4 Å². The van der Waals surface area contributed by atoms with Gasteiger partial charge in [0.05, 0.1) is 0 Å². The molecule has 1 aromatic heterocycles. The summed E-state index contributed by atoms with van der Waals surface area (Å²) in [7, 11) is 0. The van der Waals surface area contributed by atoms with Crippen molar-refractivity contribution in [2.75, 3.05) is 0 Å². The molecule has 0 radical (unpaired) electrons. The number of furan rings is 1. The minimum atomic E-state index is -0.0844. The summed E-state index contributed by atoms with van der Waals surface area (Å²) < 4.78 is 6.33. The van der Waals surface area contributed by atoms with E-state index in [0.29, 0.717) is 0 Å². The average Bonchev–Trinajstić information content (AvgIpc) is 3.53. The summed E-state index contributed by atoms with van der Waals surface area (Å²) in [5, 5.41) is 2.37. The molecule has 0 bridgehead atoms. The van der Waals surface area contributed by atoms with Crippen molar-refractivity contribution in [3.05, 3.63) is 162 Å². The first-order valence-electron chi connectivity index (χ1n) is 14.8. The topological polar surface area (TPSA) is 13.1 Å². The lowest BCUT2D eigenvalue weighted by atomic mass is 9.80. The standard InChI is InChI=1S/C41H32O/c1-26(27-16-18-29(19-17-27)32-13-9-14-36-35-12-7-8-15-39(35)42-40(32)36)30-20-22-33-34-23-21-31(28-10-5-4-6-11-28)25-38(34)41(2,3)37(33)24-30/h4-18,20-25,29H,1,19H2,2-3H3. The predicted octanol–water partition coefficient (Wildman–Crippen LogP) is 11.2. The summed E-state index contributed by atoms with van der Waals surface area (Å²) in [6, 6.07) is 39.3. The molecule has 0 fully saturated rings. The van der Waals surface area contributed by atoms with Crippen molar-refractivity contribution in [2.45, 2.75) is 31.6 Å². The highest BCUT2D eigenvalue weighted by molar-refractivity contribution is 6.06. The quantitative estimate of drug-likeness (QED) is 0.217. The molecule has 0 saturated heterocycles. The number of hydrogen-bond acceptors (Lipinski definition) is 1. The minimum Gasteiger partial charge on any atom is -0.456 e. The van der Waals surface area contributed by atoms with Crippen LogP contribution in [0.2, 0.25) is 0 Å². The van der Waals surface area contributed by atoms with E-state index in [1.54, 1.807) is 0 Å². The lowest BCUT2D eigenvalue weighted by molar-refractivity contribution is 0.657. The Kier molecular flexibility index (Phi) is 5.52. The van der Waals surface area contributed by atoms with E-state index in [-0.39, 0.29) is 11.3 Å². The van der Waals surface area contributed by atoms with Gasteiger partial charge < -0.3 is 4.42 Å². The normalized spacial score (nSPS) is 16.8. The number of fused-ring (bicyclic) bond motifs is 6. The zero-order chi connectivity index (χ0) is 28.4. The van der Waals surface area contributed by atoms with Gasteiger partial charge in [-0.3, -0.25) is 0 Å². The molecule has 42 heavy (non-hydrogen) atoms. The third-order valence-electron chi connectivity index (χ3n) is 9.41. The molecule has 0 N–H and O–H groups in total. The SMILES string of the molecule is C=C(C1=CCC(c2cccc3c2oc2ccccc23)C=C1)c1ccc2c(c1)C(C)(C)c1cc(-c3ccccc3)ccc1-2. The summed E-state index contributed by atoms with van der Waals surface area (Å²) in [6.07, 6.45) is 7.83. The smallest absolute Gasteiger partial charge is 0.139 e. The van der Waals surface area contributed by atoms with Crippen molar-refractivity contribution in [3.8, 4) is 22.3 Å². The summed E-state index contributed by atoms with van der Waals surface area (Å²) in [5.74, 6) is 0.276. The monoisotopic (exact) mass is 540 g/mol. The van der Waals surface area contributed by atoms with Crippen molar-refractivity contribution < 1.29 is 4.42 Å². The molecule has 2 aliphatic carbocycles. The third kappa shape index (κ3) is 3.77. The van der Waals surface area contributed by atoms with Crippen molar-refractivity contribution in [2.24, 2.45) is 0 Å². The molecule has 2 aliphatic rings. The Morgan fingerprint density at radius 1 is 0.738 bits per heavy atom. The Morgan fingerprint density at radius 2 is 1.48 bits per heavy atom. The van der Waals surface area contributed by atoms with Gasteiger partial charge in [-0.15, -0.1) is 0 Å². The molecule has 1 nitrogen and oxygen atoms in total. The molecule has 0 saturated carbocycles. The Morgan fingerprint density at radius 3 is 2.29 bits per heavy atom. The van der Waals surface area contributed by atoms with E-state index < -0.39 is 0 Å². The molecule has 1 heterocycles. The van der Waals surface area contributed by atoms with Crippen LogP contribution < -0.4 is 0 Å². The van der Waals surface area contributed by atoms with E-state index in [2.05, 4.69) is 142 Å². The summed E-state index contributed by atoms with van der Waals surface area (Å²) in [6.45, 7) is 9.26. The van der Waals surface area contributed by atoms with Crippen LogP contribution in [-0.2, 0) is 5.41 Å². The lowest BCUT2D eigenvalue weighted by Crippen LogP contribution is -2.15. The van der Waals surface area contributed by atoms with Gasteiger partial charge in [0, 0.05) is 27.7 Å². The first kappa shape index (κ1) is 24.9. The zero-order valence-corrected chi connectivity index (χ0v) is 24.0. The summed E-state index contributed by atoms with van der Waals surface area (Å²) in [5.41, 5.74) is 14.5. The fourth-order valence-electron chi connectivity index (χ4n) is 7.04. The molecule has 1 heteroatoms. The van der Waals surface area contributed by atoms with Gasteiger partial charge in [-0.2, -0.15) is 0 Å². The third-order valence-corrected chi connectivity index (χ3v) is 9.41. The highest BCUT2D eigenvalue weighted by atomic mass is 16.3. The Labute approximate surface area is 247 Å². The van der Waals surface area contributed by atoms with Crippen LogP contribution in [0.25, 0.3) is 49.8 Å². The second-order valence-corrected chi connectivity index (χ2v) is 12.2. The number of rotatable bonds is 4. The molecule has 0 spiro atoms. The van der Waals surface area contributed by atoms with E-state index in [4.69, 9.17) is 4.42 Å². The molecule has 202 valence electrons. The lowest BCUT2D eigenvalue weighted by Gasteiger charge is -2.23. The molecular formula is C41H32O. The van der Waals surface area contributed by atoms with Crippen molar-refractivity contribution in [1.82, 2.24) is 0 Å². The molecule has 1 atom stereocenters. The van der Waals surface area contributed by atoms with Gasteiger partial charge in [0.15, 0.2) is 0 Å². The predicted molar refractivity (Wildman–Crippen MR) is 177 cm³/mol. The van der Waals surface area contributed by atoms with Crippen molar-refractivity contribution in [3.63, 3.8) is 0 Å². The number of benzene rings is 5. The molecular weight excluding hydrogens is 508 g/mol. The van der Waals surface area contributed by atoms with Crippen LogP contribution >= 0.6 is 0 Å². The fraction of sp³-hybridized carbons (Fsp3) is 0.122. The van der Waals surface area contributed by atoms with Gasteiger partial charge in [0.2, 0.25) is 0 Å². The Balaban J connectivity index is 1.08. The average molecular weight is 541 g/mol. The minimum absolute atomic E-state index is 0.0844. The van der Waals surface area contributed by atoms with Crippen LogP contribution in [0.5, 0.6) is 0 Å². The van der Waals surface area contributed by atoms with E-state index >= 15 is 0 Å². The zero-order valence-electron chi connectivity index (χ0n) is 24.0. The van der Waals surface area contributed by atoms with Crippen LogP contribution in [0.15, 0.2) is 144 Å². The summed E-state index contributed by atoms with van der Waals surface area (Å²) in [4.78, 5) is 0. The number of allylic oxidation sites excluding steroid dienone is 5. The summed E-state index contributed by atoms with van der Waals surface area (Å²) >= 11 is 0. The molecule has 6 aromatic rings. The van der Waals surface area contributed by atoms with Crippen molar-refractivity contribution in [1.29, 1.82) is 0 Å². The van der Waals surface area contributed by atoms with Crippen LogP contribution in [0, 0.1) is 0 Å². The first-order chi connectivity index (χ1) is 20.5. The van der Waals surface area contributed by atoms with Gasteiger partial charge in [-0.1, -0.05) is 130 Å². The molecule has 5 aromatic carbocycles. The maximum Gasteiger partial charge on any atom is 0.139 e. The largest absolute Gasteiger partial charge is 0.456 e. The molecule has 1 unspecified atom stereocenters. The van der Waals surface area contributed by atoms with Gasteiger partial charge in [0.25, 0.3) is 0 Å².